The van der Waals surface area contributed by atoms with Gasteiger partial charge in [-0.2, -0.15) is 0 Å². The van der Waals surface area contributed by atoms with Crippen molar-refractivity contribution in [2.45, 2.75) is 32.1 Å². The van der Waals surface area contributed by atoms with Crippen molar-refractivity contribution in [1.29, 1.82) is 0 Å². The number of halogens is 1. The van der Waals surface area contributed by atoms with Gasteiger partial charge in [-0.05, 0) is 59.3 Å². The first-order valence-electron chi connectivity index (χ1n) is 5.15. The van der Waals surface area contributed by atoms with Crippen LogP contribution in [0.15, 0.2) is 16.7 Å². The highest BCUT2D eigenvalue weighted by Gasteiger charge is 2.35. The van der Waals surface area contributed by atoms with E-state index in [0.717, 1.165) is 4.60 Å². The molecule has 14 heavy (non-hydrogen) atoms. The Bertz CT molecular complexity index is 434. The van der Waals surface area contributed by atoms with Crippen LogP contribution in [0.4, 0.5) is 0 Å². The number of aryl methyl sites for hydroxylation is 1. The molecule has 0 saturated heterocycles. The minimum atomic E-state index is 0.649. The fraction of sp³-hybridized carbons (Fsp3) is 0.417. The summed E-state index contributed by atoms with van der Waals surface area (Å²) in [5, 5.41) is 0. The number of aromatic nitrogens is 1. The lowest BCUT2D eigenvalue weighted by molar-refractivity contribution is 0.624. The number of pyridine rings is 1. The van der Waals surface area contributed by atoms with Crippen molar-refractivity contribution in [3.8, 4) is 0 Å². The van der Waals surface area contributed by atoms with Crippen LogP contribution in [0, 0.1) is 6.92 Å². The summed E-state index contributed by atoms with van der Waals surface area (Å²) < 4.78 is 1.01. The largest absolute Gasteiger partial charge is 0.244 e. The highest BCUT2D eigenvalue weighted by molar-refractivity contribution is 9.10. The van der Waals surface area contributed by atoms with Gasteiger partial charge in [-0.1, -0.05) is 6.08 Å². The number of rotatable bonds is 0. The molecule has 1 unspecified atom stereocenters. The summed E-state index contributed by atoms with van der Waals surface area (Å²) >= 11 is 3.50. The predicted octanol–water partition coefficient (Wildman–Crippen LogP) is 3.82. The molecule has 0 fully saturated rings. The van der Waals surface area contributed by atoms with Crippen LogP contribution < -0.4 is 0 Å². The third-order valence-corrected chi connectivity index (χ3v) is 4.06. The third kappa shape index (κ3) is 1.04. The summed E-state index contributed by atoms with van der Waals surface area (Å²) in [4.78, 5) is 4.62. The first kappa shape index (κ1) is 8.66. The minimum absolute atomic E-state index is 0.649. The van der Waals surface area contributed by atoms with Gasteiger partial charge in [0.05, 0.1) is 5.69 Å². The fourth-order valence-electron chi connectivity index (χ4n) is 2.48. The first-order chi connectivity index (χ1) is 6.77. The molecule has 1 heterocycles. The number of fused-ring (bicyclic) bond motifs is 4. The van der Waals surface area contributed by atoms with Crippen molar-refractivity contribution < 1.29 is 0 Å². The van der Waals surface area contributed by atoms with E-state index >= 15 is 0 Å². The molecule has 2 aliphatic rings. The Labute approximate surface area is 92.4 Å². The van der Waals surface area contributed by atoms with Crippen molar-refractivity contribution in [2.75, 3.05) is 0 Å². The number of allylic oxidation sites excluding steroid dienone is 2. The smallest absolute Gasteiger partial charge is 0.109 e. The monoisotopic (exact) mass is 249 g/mol. The number of hydrogen-bond acceptors (Lipinski definition) is 1. The lowest BCUT2D eigenvalue weighted by atomic mass is 9.70. The molecule has 0 saturated carbocycles. The maximum Gasteiger partial charge on any atom is 0.109 e. The van der Waals surface area contributed by atoms with Crippen LogP contribution in [-0.2, 0) is 0 Å². The van der Waals surface area contributed by atoms with E-state index in [1.807, 2.05) is 0 Å². The molecular formula is C12H12BrN. The van der Waals surface area contributed by atoms with Crippen LogP contribution in [0.3, 0.4) is 0 Å². The average Bonchev–Trinajstić information content (AvgIpc) is 2.21. The van der Waals surface area contributed by atoms with Gasteiger partial charge < -0.3 is 0 Å². The summed E-state index contributed by atoms with van der Waals surface area (Å²) in [6.45, 7) is 2.11. The van der Waals surface area contributed by atoms with E-state index in [2.05, 4.69) is 40.0 Å². The van der Waals surface area contributed by atoms with Crippen LogP contribution >= 0.6 is 15.9 Å². The van der Waals surface area contributed by atoms with Gasteiger partial charge in [0.25, 0.3) is 0 Å². The minimum Gasteiger partial charge on any atom is -0.244 e. The molecule has 0 amide bonds. The molecule has 0 N–H and O–H groups in total. The van der Waals surface area contributed by atoms with E-state index in [9.17, 15) is 0 Å². The first-order valence-corrected chi connectivity index (χ1v) is 5.94. The number of nitrogens with zero attached hydrogens (tertiary/aromatic N) is 1. The normalized spacial score (nSPS) is 23.3. The lowest BCUT2D eigenvalue weighted by Crippen LogP contribution is -2.21. The molecule has 0 aromatic carbocycles. The van der Waals surface area contributed by atoms with Crippen molar-refractivity contribution in [1.82, 2.24) is 4.98 Å². The van der Waals surface area contributed by atoms with Crippen molar-refractivity contribution in [3.63, 3.8) is 0 Å². The summed E-state index contributed by atoms with van der Waals surface area (Å²) in [7, 11) is 0. The molecule has 0 aliphatic heterocycles. The Kier molecular flexibility index (Phi) is 1.81. The standard InChI is InChI=1S/C12H12BrN/c1-7-6-10-8-4-2-3-5-9(8)11(10)14-12(7)13/h4,6,9H,2-3,5H2,1H3. The van der Waals surface area contributed by atoms with Gasteiger partial charge in [0.2, 0.25) is 0 Å². The molecule has 0 bridgehead atoms. The average molecular weight is 250 g/mol. The molecule has 1 aromatic rings. The van der Waals surface area contributed by atoms with Gasteiger partial charge in [0.1, 0.15) is 4.60 Å². The van der Waals surface area contributed by atoms with Crippen LogP contribution in [-0.4, -0.2) is 4.98 Å². The van der Waals surface area contributed by atoms with E-state index in [1.165, 1.54) is 36.1 Å². The summed E-state index contributed by atoms with van der Waals surface area (Å²) in [6, 6.07) is 2.26. The SMILES string of the molecule is Cc1cc2c(nc1Br)C1CCCC=C21. The van der Waals surface area contributed by atoms with E-state index < -0.39 is 0 Å². The molecule has 0 radical (unpaired) electrons. The van der Waals surface area contributed by atoms with Crippen molar-refractivity contribution >= 4 is 21.5 Å². The highest BCUT2D eigenvalue weighted by atomic mass is 79.9. The summed E-state index contributed by atoms with van der Waals surface area (Å²) in [5.41, 5.74) is 5.51. The molecule has 72 valence electrons. The molecular weight excluding hydrogens is 238 g/mol. The van der Waals surface area contributed by atoms with Gasteiger partial charge in [-0.15, -0.1) is 0 Å². The predicted molar refractivity (Wildman–Crippen MR) is 61.2 cm³/mol. The zero-order valence-electron chi connectivity index (χ0n) is 8.18. The second-order valence-corrected chi connectivity index (χ2v) is 4.92. The van der Waals surface area contributed by atoms with Crippen molar-refractivity contribution in [2.24, 2.45) is 0 Å². The maximum absolute atomic E-state index is 4.62. The van der Waals surface area contributed by atoms with Crippen LogP contribution in [0.25, 0.3) is 5.57 Å². The topological polar surface area (TPSA) is 12.9 Å². The van der Waals surface area contributed by atoms with Crippen LogP contribution in [0.2, 0.25) is 0 Å². The van der Waals surface area contributed by atoms with Crippen molar-refractivity contribution in [3.05, 3.63) is 33.6 Å². The molecule has 2 heteroatoms. The van der Waals surface area contributed by atoms with E-state index in [1.54, 1.807) is 5.57 Å². The van der Waals surface area contributed by atoms with Gasteiger partial charge in [-0.3, -0.25) is 0 Å². The highest BCUT2D eigenvalue weighted by Crippen LogP contribution is 2.50. The van der Waals surface area contributed by atoms with Gasteiger partial charge >= 0.3 is 0 Å². The molecule has 2 aliphatic carbocycles. The van der Waals surface area contributed by atoms with E-state index in [-0.39, 0.29) is 0 Å². The zero-order valence-corrected chi connectivity index (χ0v) is 9.76. The van der Waals surface area contributed by atoms with E-state index in [4.69, 9.17) is 0 Å². The molecule has 1 nitrogen and oxygen atoms in total. The Morgan fingerprint density at radius 3 is 3.21 bits per heavy atom. The molecule has 0 spiro atoms. The van der Waals surface area contributed by atoms with Crippen LogP contribution in [0.1, 0.15) is 42.0 Å². The zero-order chi connectivity index (χ0) is 9.71. The summed E-state index contributed by atoms with van der Waals surface area (Å²) in [6.07, 6.45) is 6.26. The second-order valence-electron chi connectivity index (χ2n) is 4.17. The Hall–Kier alpha value is -0.630. The third-order valence-electron chi connectivity index (χ3n) is 3.26. The van der Waals surface area contributed by atoms with Gasteiger partial charge in [0.15, 0.2) is 0 Å². The lowest BCUT2D eigenvalue weighted by Gasteiger charge is -2.35. The molecule has 1 aromatic heterocycles. The Balaban J connectivity index is 2.17. The summed E-state index contributed by atoms with van der Waals surface area (Å²) in [5.74, 6) is 0.649. The quantitative estimate of drug-likeness (QED) is 0.638. The van der Waals surface area contributed by atoms with E-state index in [0.29, 0.717) is 5.92 Å². The van der Waals surface area contributed by atoms with Gasteiger partial charge in [-0.25, -0.2) is 4.98 Å². The fourth-order valence-corrected chi connectivity index (χ4v) is 2.79. The van der Waals surface area contributed by atoms with Crippen LogP contribution in [0.5, 0.6) is 0 Å². The Morgan fingerprint density at radius 2 is 2.36 bits per heavy atom. The molecule has 1 atom stereocenters. The number of hydrogen-bond donors (Lipinski definition) is 0. The maximum atomic E-state index is 4.62. The van der Waals surface area contributed by atoms with Gasteiger partial charge in [0, 0.05) is 11.5 Å². The Morgan fingerprint density at radius 1 is 1.50 bits per heavy atom. The molecule has 3 rings (SSSR count). The second kappa shape index (κ2) is 2.93.